The van der Waals surface area contributed by atoms with Crippen molar-refractivity contribution in [3.8, 4) is 0 Å². The van der Waals surface area contributed by atoms with Crippen LogP contribution in [0.5, 0.6) is 0 Å². The third-order valence-electron chi connectivity index (χ3n) is 1.98. The Morgan fingerprint density at radius 1 is 1.31 bits per heavy atom. The lowest BCUT2D eigenvalue weighted by Gasteiger charge is -2.06. The molecule has 0 atom stereocenters. The van der Waals surface area contributed by atoms with Gasteiger partial charge in [-0.25, -0.2) is 9.89 Å². The highest BCUT2D eigenvalue weighted by atomic mass is 35.5. The fourth-order valence-electron chi connectivity index (χ4n) is 1.18. The Bertz CT molecular complexity index is 549. The molecule has 2 N–H and O–H groups in total. The summed E-state index contributed by atoms with van der Waals surface area (Å²) >= 11 is 5.76. The van der Waals surface area contributed by atoms with Crippen LogP contribution >= 0.6 is 11.6 Å². The lowest BCUT2D eigenvalue weighted by molar-refractivity contribution is 0.885. The van der Waals surface area contributed by atoms with Crippen molar-refractivity contribution in [1.82, 2.24) is 15.2 Å². The standard InChI is InChI=1S/C10H9ClN4O/c1-6-9(13-10(16)15-14-6)12-8-4-2-7(11)3-5-8/h2-5H,1H3,(H2,12,13,15,16). The van der Waals surface area contributed by atoms with E-state index < -0.39 is 5.69 Å². The third-order valence-corrected chi connectivity index (χ3v) is 2.23. The van der Waals surface area contributed by atoms with E-state index in [9.17, 15) is 4.79 Å². The number of aromatic nitrogens is 3. The second-order valence-corrected chi connectivity index (χ2v) is 3.64. The van der Waals surface area contributed by atoms with Crippen molar-refractivity contribution in [1.29, 1.82) is 0 Å². The summed E-state index contributed by atoms with van der Waals surface area (Å²) in [6.07, 6.45) is 0. The van der Waals surface area contributed by atoms with Gasteiger partial charge >= 0.3 is 5.69 Å². The van der Waals surface area contributed by atoms with Gasteiger partial charge in [-0.1, -0.05) is 11.6 Å². The molecule has 5 nitrogen and oxygen atoms in total. The van der Waals surface area contributed by atoms with Crippen LogP contribution in [0.4, 0.5) is 11.5 Å². The van der Waals surface area contributed by atoms with Crippen LogP contribution < -0.4 is 11.0 Å². The fourth-order valence-corrected chi connectivity index (χ4v) is 1.31. The molecule has 0 aliphatic carbocycles. The van der Waals surface area contributed by atoms with Gasteiger partial charge in [0.1, 0.15) is 5.69 Å². The van der Waals surface area contributed by atoms with Crippen molar-refractivity contribution >= 4 is 23.1 Å². The number of benzene rings is 1. The fraction of sp³-hybridized carbons (Fsp3) is 0.100. The minimum atomic E-state index is -0.484. The van der Waals surface area contributed by atoms with E-state index in [2.05, 4.69) is 20.5 Å². The van der Waals surface area contributed by atoms with Crippen molar-refractivity contribution in [2.24, 2.45) is 0 Å². The van der Waals surface area contributed by atoms with Crippen molar-refractivity contribution in [3.05, 3.63) is 45.5 Å². The molecule has 82 valence electrons. The van der Waals surface area contributed by atoms with E-state index in [0.29, 0.717) is 16.5 Å². The number of nitrogens with zero attached hydrogens (tertiary/aromatic N) is 2. The molecule has 0 unspecified atom stereocenters. The number of H-pyrrole nitrogens is 1. The first kappa shape index (κ1) is 10.6. The quantitative estimate of drug-likeness (QED) is 0.835. The zero-order chi connectivity index (χ0) is 11.5. The Labute approximate surface area is 96.5 Å². The SMILES string of the molecule is Cc1n[nH]c(=O)nc1Nc1ccc(Cl)cc1. The Hall–Kier alpha value is -1.88. The number of halogens is 1. The van der Waals surface area contributed by atoms with Crippen molar-refractivity contribution < 1.29 is 0 Å². The molecular formula is C10H9ClN4O. The Kier molecular flexibility index (Phi) is 2.87. The number of hydrogen-bond acceptors (Lipinski definition) is 4. The van der Waals surface area contributed by atoms with Gasteiger partial charge in [-0.15, -0.1) is 0 Å². The highest BCUT2D eigenvalue weighted by Crippen LogP contribution is 2.17. The molecule has 1 aromatic heterocycles. The van der Waals surface area contributed by atoms with E-state index in [0.717, 1.165) is 5.69 Å². The van der Waals surface area contributed by atoms with Crippen LogP contribution in [0.2, 0.25) is 5.02 Å². The second-order valence-electron chi connectivity index (χ2n) is 3.21. The smallest absolute Gasteiger partial charge is 0.338 e. The zero-order valence-corrected chi connectivity index (χ0v) is 9.25. The molecule has 16 heavy (non-hydrogen) atoms. The van der Waals surface area contributed by atoms with Gasteiger partial charge in [-0.2, -0.15) is 10.1 Å². The molecule has 0 aliphatic rings. The van der Waals surface area contributed by atoms with Crippen LogP contribution in [0.1, 0.15) is 5.69 Å². The molecule has 0 spiro atoms. The van der Waals surface area contributed by atoms with Gasteiger partial charge in [0.2, 0.25) is 0 Å². The van der Waals surface area contributed by atoms with Gasteiger partial charge in [-0.05, 0) is 31.2 Å². The summed E-state index contributed by atoms with van der Waals surface area (Å²) in [5, 5.41) is 9.70. The summed E-state index contributed by atoms with van der Waals surface area (Å²) in [5.41, 5.74) is 0.934. The third kappa shape index (κ3) is 2.38. The molecule has 0 bridgehead atoms. The summed E-state index contributed by atoms with van der Waals surface area (Å²) in [4.78, 5) is 14.8. The Morgan fingerprint density at radius 3 is 2.69 bits per heavy atom. The zero-order valence-electron chi connectivity index (χ0n) is 8.49. The average Bonchev–Trinajstić information content (AvgIpc) is 2.27. The first-order valence-corrected chi connectivity index (χ1v) is 4.99. The molecule has 2 aromatic rings. The van der Waals surface area contributed by atoms with Gasteiger partial charge in [0, 0.05) is 10.7 Å². The predicted octanol–water partition coefficient (Wildman–Crippen LogP) is 1.87. The molecule has 0 saturated heterocycles. The molecule has 0 amide bonds. The number of rotatable bonds is 2. The van der Waals surface area contributed by atoms with E-state index in [1.165, 1.54) is 0 Å². The summed E-state index contributed by atoms with van der Waals surface area (Å²) < 4.78 is 0. The number of anilines is 2. The van der Waals surface area contributed by atoms with Gasteiger partial charge in [0.15, 0.2) is 5.82 Å². The lowest BCUT2D eigenvalue weighted by Crippen LogP contribution is -2.15. The van der Waals surface area contributed by atoms with Crippen molar-refractivity contribution in [2.45, 2.75) is 6.92 Å². The minimum Gasteiger partial charge on any atom is -0.338 e. The highest BCUT2D eigenvalue weighted by molar-refractivity contribution is 6.30. The monoisotopic (exact) mass is 236 g/mol. The van der Waals surface area contributed by atoms with Gasteiger partial charge < -0.3 is 5.32 Å². The van der Waals surface area contributed by atoms with Crippen LogP contribution in [-0.4, -0.2) is 15.2 Å². The molecule has 1 heterocycles. The molecule has 0 saturated carbocycles. The number of hydrogen-bond donors (Lipinski definition) is 2. The molecular weight excluding hydrogens is 228 g/mol. The maximum Gasteiger partial charge on any atom is 0.363 e. The molecule has 6 heteroatoms. The van der Waals surface area contributed by atoms with E-state index in [1.54, 1.807) is 31.2 Å². The van der Waals surface area contributed by atoms with E-state index in [4.69, 9.17) is 11.6 Å². The van der Waals surface area contributed by atoms with Crippen LogP contribution in [0.15, 0.2) is 29.1 Å². The summed E-state index contributed by atoms with van der Waals surface area (Å²) in [6.45, 7) is 1.75. The predicted molar refractivity (Wildman–Crippen MR) is 62.1 cm³/mol. The van der Waals surface area contributed by atoms with Crippen molar-refractivity contribution in [2.75, 3.05) is 5.32 Å². The van der Waals surface area contributed by atoms with E-state index in [-0.39, 0.29) is 0 Å². The van der Waals surface area contributed by atoms with Crippen LogP contribution in [0.25, 0.3) is 0 Å². The Morgan fingerprint density at radius 2 is 2.00 bits per heavy atom. The number of nitrogens with one attached hydrogen (secondary N) is 2. The lowest BCUT2D eigenvalue weighted by atomic mass is 10.3. The largest absolute Gasteiger partial charge is 0.363 e. The van der Waals surface area contributed by atoms with Gasteiger partial charge in [0.05, 0.1) is 0 Å². The first-order valence-electron chi connectivity index (χ1n) is 4.61. The molecule has 0 radical (unpaired) electrons. The highest BCUT2D eigenvalue weighted by Gasteiger charge is 2.02. The maximum absolute atomic E-state index is 11.0. The number of aryl methyl sites for hydroxylation is 1. The molecule has 2 rings (SSSR count). The first-order chi connectivity index (χ1) is 7.65. The van der Waals surface area contributed by atoms with Crippen LogP contribution in [0.3, 0.4) is 0 Å². The van der Waals surface area contributed by atoms with Gasteiger partial charge in [0.25, 0.3) is 0 Å². The summed E-state index contributed by atoms with van der Waals surface area (Å²) in [5.74, 6) is 0.436. The normalized spacial score (nSPS) is 10.1. The molecule has 0 aliphatic heterocycles. The summed E-state index contributed by atoms with van der Waals surface area (Å²) in [6, 6.07) is 7.09. The van der Waals surface area contributed by atoms with E-state index in [1.807, 2.05) is 0 Å². The topological polar surface area (TPSA) is 70.7 Å². The van der Waals surface area contributed by atoms with Crippen LogP contribution in [0, 0.1) is 6.92 Å². The summed E-state index contributed by atoms with van der Waals surface area (Å²) in [7, 11) is 0. The van der Waals surface area contributed by atoms with Crippen LogP contribution in [-0.2, 0) is 0 Å². The average molecular weight is 237 g/mol. The molecule has 1 aromatic carbocycles. The maximum atomic E-state index is 11.0. The minimum absolute atomic E-state index is 0.436. The van der Waals surface area contributed by atoms with Crippen molar-refractivity contribution in [3.63, 3.8) is 0 Å². The van der Waals surface area contributed by atoms with E-state index >= 15 is 0 Å². The molecule has 0 fully saturated rings. The number of aromatic amines is 1. The Balaban J connectivity index is 2.30. The van der Waals surface area contributed by atoms with Gasteiger partial charge in [-0.3, -0.25) is 0 Å². The second kappa shape index (κ2) is 4.32.